The first-order valence-electron chi connectivity index (χ1n) is 8.50. The van der Waals surface area contributed by atoms with Crippen LogP contribution in [0, 0.1) is 23.2 Å². The van der Waals surface area contributed by atoms with Gasteiger partial charge in [-0.1, -0.05) is 12.1 Å². The Morgan fingerprint density at radius 3 is 2.81 bits per heavy atom. The van der Waals surface area contributed by atoms with Gasteiger partial charge in [0.1, 0.15) is 5.78 Å². The summed E-state index contributed by atoms with van der Waals surface area (Å²) in [5, 5.41) is 13.1. The Morgan fingerprint density at radius 2 is 2.05 bits per heavy atom. The molecular weight excluding hydrogens is 264 g/mol. The monoisotopic (exact) mass is 292 g/mol. The highest BCUT2D eigenvalue weighted by Crippen LogP contribution is 2.57. The molecule has 3 rings (SSSR count). The summed E-state index contributed by atoms with van der Waals surface area (Å²) in [6.07, 6.45) is 6.85. The Labute approximate surface area is 127 Å². The lowest BCUT2D eigenvalue weighted by Crippen LogP contribution is -2.46. The SMILES string of the molecule is C[C@H]1CC(=O)[C@]23CCCN(C)CCCC2/C(=N\O)C[C@@H]3C1. The van der Waals surface area contributed by atoms with Gasteiger partial charge in [-0.3, -0.25) is 4.79 Å². The predicted octanol–water partition coefficient (Wildman–Crippen LogP) is 2.94. The van der Waals surface area contributed by atoms with Gasteiger partial charge in [0, 0.05) is 17.8 Å². The molecule has 3 fully saturated rings. The van der Waals surface area contributed by atoms with Crippen molar-refractivity contribution in [1.29, 1.82) is 0 Å². The number of nitrogens with zero attached hydrogens (tertiary/aromatic N) is 2. The van der Waals surface area contributed by atoms with Crippen molar-refractivity contribution in [3.05, 3.63) is 0 Å². The first kappa shape index (κ1) is 15.0. The van der Waals surface area contributed by atoms with Crippen molar-refractivity contribution in [2.24, 2.45) is 28.3 Å². The molecule has 1 aliphatic heterocycles. The third-order valence-electron chi connectivity index (χ3n) is 6.24. The van der Waals surface area contributed by atoms with E-state index in [2.05, 4.69) is 24.0 Å². The van der Waals surface area contributed by atoms with Gasteiger partial charge in [-0.15, -0.1) is 0 Å². The van der Waals surface area contributed by atoms with Crippen molar-refractivity contribution in [2.45, 2.75) is 51.9 Å². The molecule has 0 aromatic heterocycles. The molecule has 0 aromatic carbocycles. The third-order valence-corrected chi connectivity index (χ3v) is 6.24. The van der Waals surface area contributed by atoms with Gasteiger partial charge in [0.2, 0.25) is 0 Å². The summed E-state index contributed by atoms with van der Waals surface area (Å²) in [5.41, 5.74) is 0.700. The molecular formula is C17H28N2O2. The van der Waals surface area contributed by atoms with Crippen LogP contribution < -0.4 is 0 Å². The second kappa shape index (κ2) is 5.71. The molecule has 118 valence electrons. The van der Waals surface area contributed by atoms with Crippen LogP contribution in [0.3, 0.4) is 0 Å². The fraction of sp³-hybridized carbons (Fsp3) is 0.882. The van der Waals surface area contributed by atoms with Crippen LogP contribution in [-0.2, 0) is 4.79 Å². The Balaban J connectivity index is 1.97. The number of hydrogen-bond donors (Lipinski definition) is 1. The molecule has 1 heterocycles. The van der Waals surface area contributed by atoms with E-state index in [4.69, 9.17) is 0 Å². The maximum absolute atomic E-state index is 13.0. The molecule has 2 aliphatic carbocycles. The molecule has 3 aliphatic rings. The lowest BCUT2D eigenvalue weighted by atomic mass is 9.58. The smallest absolute Gasteiger partial charge is 0.140 e. The molecule has 0 radical (unpaired) electrons. The number of carbonyl (C=O) groups is 1. The van der Waals surface area contributed by atoms with E-state index in [1.165, 1.54) is 0 Å². The quantitative estimate of drug-likeness (QED) is 0.551. The number of carbonyl (C=O) groups excluding carboxylic acids is 1. The molecule has 1 spiro atoms. The highest BCUT2D eigenvalue weighted by molar-refractivity contribution is 5.99. The van der Waals surface area contributed by atoms with E-state index in [0.29, 0.717) is 17.6 Å². The fourth-order valence-electron chi connectivity index (χ4n) is 5.32. The number of rotatable bonds is 0. The second-order valence-corrected chi connectivity index (χ2v) is 7.60. The van der Waals surface area contributed by atoms with Gasteiger partial charge in [0.25, 0.3) is 0 Å². The predicted molar refractivity (Wildman–Crippen MR) is 82.6 cm³/mol. The van der Waals surface area contributed by atoms with Gasteiger partial charge in [0.05, 0.1) is 5.71 Å². The zero-order chi connectivity index (χ0) is 15.0. The Morgan fingerprint density at radius 1 is 1.29 bits per heavy atom. The van der Waals surface area contributed by atoms with Gasteiger partial charge in [0.15, 0.2) is 0 Å². The van der Waals surface area contributed by atoms with Crippen LogP contribution >= 0.6 is 0 Å². The lowest BCUT2D eigenvalue weighted by Gasteiger charge is -2.43. The van der Waals surface area contributed by atoms with E-state index in [-0.39, 0.29) is 11.3 Å². The first-order chi connectivity index (χ1) is 10.1. The van der Waals surface area contributed by atoms with Gasteiger partial charge in [-0.2, -0.15) is 0 Å². The van der Waals surface area contributed by atoms with Crippen molar-refractivity contribution in [1.82, 2.24) is 4.90 Å². The first-order valence-corrected chi connectivity index (χ1v) is 8.50. The van der Waals surface area contributed by atoms with Crippen molar-refractivity contribution >= 4 is 11.5 Å². The Bertz CT molecular complexity index is 448. The van der Waals surface area contributed by atoms with Crippen molar-refractivity contribution < 1.29 is 10.0 Å². The van der Waals surface area contributed by atoms with E-state index < -0.39 is 0 Å². The van der Waals surface area contributed by atoms with Crippen LogP contribution in [0.4, 0.5) is 0 Å². The average molecular weight is 292 g/mol. The summed E-state index contributed by atoms with van der Waals surface area (Å²) in [6, 6.07) is 0. The lowest BCUT2D eigenvalue weighted by molar-refractivity contribution is -0.139. The van der Waals surface area contributed by atoms with Gasteiger partial charge < -0.3 is 10.1 Å². The molecule has 1 unspecified atom stereocenters. The molecule has 4 heteroatoms. The highest BCUT2D eigenvalue weighted by Gasteiger charge is 2.59. The second-order valence-electron chi connectivity index (χ2n) is 7.60. The topological polar surface area (TPSA) is 52.9 Å². The van der Waals surface area contributed by atoms with Gasteiger partial charge >= 0.3 is 0 Å². The summed E-state index contributed by atoms with van der Waals surface area (Å²) in [6.45, 7) is 4.35. The zero-order valence-corrected chi connectivity index (χ0v) is 13.3. The number of oxime groups is 1. The largest absolute Gasteiger partial charge is 0.411 e. The average Bonchev–Trinajstić information content (AvgIpc) is 2.76. The van der Waals surface area contributed by atoms with Crippen LogP contribution in [0.2, 0.25) is 0 Å². The molecule has 21 heavy (non-hydrogen) atoms. The Hall–Kier alpha value is -0.900. The van der Waals surface area contributed by atoms with Crippen LogP contribution in [0.1, 0.15) is 51.9 Å². The van der Waals surface area contributed by atoms with E-state index >= 15 is 0 Å². The summed E-state index contributed by atoms with van der Waals surface area (Å²) < 4.78 is 0. The summed E-state index contributed by atoms with van der Waals surface area (Å²) >= 11 is 0. The Kier molecular flexibility index (Phi) is 4.08. The summed E-state index contributed by atoms with van der Waals surface area (Å²) in [4.78, 5) is 15.4. The van der Waals surface area contributed by atoms with Crippen molar-refractivity contribution in [2.75, 3.05) is 20.1 Å². The molecule has 1 saturated heterocycles. The molecule has 1 N–H and O–H groups in total. The maximum atomic E-state index is 13.0. The fourth-order valence-corrected chi connectivity index (χ4v) is 5.32. The summed E-state index contributed by atoms with van der Waals surface area (Å²) in [7, 11) is 2.17. The highest BCUT2D eigenvalue weighted by atomic mass is 16.4. The maximum Gasteiger partial charge on any atom is 0.140 e. The summed E-state index contributed by atoms with van der Waals surface area (Å²) in [5.74, 6) is 1.55. The molecule has 0 bridgehead atoms. The van der Waals surface area contributed by atoms with Crippen LogP contribution in [0.15, 0.2) is 5.16 Å². The van der Waals surface area contributed by atoms with Crippen LogP contribution in [0.25, 0.3) is 0 Å². The third kappa shape index (κ3) is 2.41. The minimum Gasteiger partial charge on any atom is -0.411 e. The molecule has 4 atom stereocenters. The number of hydrogen-bond acceptors (Lipinski definition) is 4. The zero-order valence-electron chi connectivity index (χ0n) is 13.3. The van der Waals surface area contributed by atoms with Crippen LogP contribution in [-0.4, -0.2) is 41.7 Å². The van der Waals surface area contributed by atoms with Crippen molar-refractivity contribution in [3.63, 3.8) is 0 Å². The molecule has 4 nitrogen and oxygen atoms in total. The van der Waals surface area contributed by atoms with E-state index in [0.717, 1.165) is 63.7 Å². The van der Waals surface area contributed by atoms with Gasteiger partial charge in [-0.25, -0.2) is 0 Å². The minimum atomic E-state index is -0.209. The number of Topliss-reactive ketones (excluding diaryl/α,β-unsaturated/α-hetero) is 1. The normalized spacial score (nSPS) is 43.8. The molecule has 0 aromatic rings. The van der Waals surface area contributed by atoms with Crippen LogP contribution in [0.5, 0.6) is 0 Å². The standard InChI is InChI=1S/C17H28N2O2/c1-12-9-13-11-15(18-21)14-5-3-7-19(2)8-4-6-17(13,14)16(20)10-12/h12-14,21H,3-11H2,1-2H3/b18-15-/t12-,13+,14?,17+/m1/s1. The minimum absolute atomic E-state index is 0.194. The molecule has 2 saturated carbocycles. The van der Waals surface area contributed by atoms with Crippen molar-refractivity contribution in [3.8, 4) is 0 Å². The number of ketones is 1. The van der Waals surface area contributed by atoms with E-state index in [1.54, 1.807) is 0 Å². The molecule has 0 amide bonds. The van der Waals surface area contributed by atoms with E-state index in [9.17, 15) is 10.0 Å². The van der Waals surface area contributed by atoms with Gasteiger partial charge in [-0.05, 0) is 70.5 Å². The van der Waals surface area contributed by atoms with E-state index in [1.807, 2.05) is 0 Å².